The Morgan fingerprint density at radius 3 is 2.88 bits per heavy atom. The third kappa shape index (κ3) is 2.71. The molecule has 1 unspecified atom stereocenters. The second-order valence-electron chi connectivity index (χ2n) is 3.66. The molecule has 1 N–H and O–H groups in total. The standard InChI is InChI=1S/C10H14FNO4/c1-2-6-16-9(15)12-5-3-4-10(11,7-12)8(13)14/h2H,1,3-7H2,(H,13,14). The van der Waals surface area contributed by atoms with Gasteiger partial charge in [0.15, 0.2) is 0 Å². The quantitative estimate of drug-likeness (QED) is 0.741. The molecular formula is C10H14FNO4. The van der Waals surface area contributed by atoms with E-state index >= 15 is 0 Å². The van der Waals surface area contributed by atoms with E-state index in [4.69, 9.17) is 9.84 Å². The summed E-state index contributed by atoms with van der Waals surface area (Å²) in [4.78, 5) is 23.1. The molecule has 1 aliphatic rings. The second kappa shape index (κ2) is 4.96. The summed E-state index contributed by atoms with van der Waals surface area (Å²) < 4.78 is 18.5. The van der Waals surface area contributed by atoms with Crippen molar-refractivity contribution in [3.8, 4) is 0 Å². The average Bonchev–Trinajstić information content (AvgIpc) is 2.25. The predicted molar refractivity (Wildman–Crippen MR) is 53.8 cm³/mol. The highest BCUT2D eigenvalue weighted by molar-refractivity contribution is 5.79. The van der Waals surface area contributed by atoms with Crippen molar-refractivity contribution in [2.75, 3.05) is 19.7 Å². The minimum atomic E-state index is -2.36. The molecule has 1 aliphatic heterocycles. The van der Waals surface area contributed by atoms with Crippen LogP contribution in [0.2, 0.25) is 0 Å². The number of ether oxygens (including phenoxy) is 1. The van der Waals surface area contributed by atoms with Crippen LogP contribution < -0.4 is 0 Å². The molecule has 16 heavy (non-hydrogen) atoms. The van der Waals surface area contributed by atoms with Gasteiger partial charge in [-0.25, -0.2) is 14.0 Å². The van der Waals surface area contributed by atoms with Crippen LogP contribution in [0.25, 0.3) is 0 Å². The van der Waals surface area contributed by atoms with Crippen LogP contribution in [0.5, 0.6) is 0 Å². The summed E-state index contributed by atoms with van der Waals surface area (Å²) in [6.07, 6.45) is 0.921. The van der Waals surface area contributed by atoms with Crippen molar-refractivity contribution in [1.82, 2.24) is 4.90 Å². The van der Waals surface area contributed by atoms with Crippen LogP contribution in [0.3, 0.4) is 0 Å². The summed E-state index contributed by atoms with van der Waals surface area (Å²) >= 11 is 0. The Morgan fingerprint density at radius 1 is 1.62 bits per heavy atom. The van der Waals surface area contributed by atoms with Gasteiger partial charge in [0.1, 0.15) is 6.61 Å². The molecule has 1 fully saturated rings. The van der Waals surface area contributed by atoms with Crippen LogP contribution in [-0.2, 0) is 9.53 Å². The number of carboxylic acid groups (broad SMARTS) is 1. The first-order valence-electron chi connectivity index (χ1n) is 4.94. The highest BCUT2D eigenvalue weighted by atomic mass is 19.1. The molecular weight excluding hydrogens is 217 g/mol. The van der Waals surface area contributed by atoms with Gasteiger partial charge in [0.2, 0.25) is 5.67 Å². The van der Waals surface area contributed by atoms with Crippen molar-refractivity contribution >= 4 is 12.1 Å². The Morgan fingerprint density at radius 2 is 2.31 bits per heavy atom. The fourth-order valence-corrected chi connectivity index (χ4v) is 1.56. The maximum atomic E-state index is 13.8. The third-order valence-corrected chi connectivity index (χ3v) is 2.41. The molecule has 0 radical (unpaired) electrons. The fourth-order valence-electron chi connectivity index (χ4n) is 1.56. The van der Waals surface area contributed by atoms with E-state index in [9.17, 15) is 14.0 Å². The molecule has 1 rings (SSSR count). The lowest BCUT2D eigenvalue weighted by Crippen LogP contribution is -2.52. The first kappa shape index (κ1) is 12.5. The summed E-state index contributed by atoms with van der Waals surface area (Å²) in [5.74, 6) is -1.53. The van der Waals surface area contributed by atoms with Gasteiger partial charge < -0.3 is 14.7 Å². The molecule has 6 heteroatoms. The van der Waals surface area contributed by atoms with E-state index in [-0.39, 0.29) is 13.0 Å². The lowest BCUT2D eigenvalue weighted by Gasteiger charge is -2.33. The van der Waals surface area contributed by atoms with Gasteiger partial charge in [-0.3, -0.25) is 0 Å². The van der Waals surface area contributed by atoms with Crippen molar-refractivity contribution in [3.05, 3.63) is 12.7 Å². The van der Waals surface area contributed by atoms with Gasteiger partial charge in [0.25, 0.3) is 0 Å². The van der Waals surface area contributed by atoms with Crippen molar-refractivity contribution in [2.24, 2.45) is 0 Å². The normalized spacial score (nSPS) is 24.9. The minimum Gasteiger partial charge on any atom is -0.479 e. The number of hydrogen-bond acceptors (Lipinski definition) is 3. The molecule has 1 amide bonds. The van der Waals surface area contributed by atoms with Gasteiger partial charge in [-0.15, -0.1) is 0 Å². The Kier molecular flexibility index (Phi) is 3.87. The first-order valence-corrected chi connectivity index (χ1v) is 4.94. The Hall–Kier alpha value is -1.59. The Balaban J connectivity index is 2.59. The number of amides is 1. The number of halogens is 1. The molecule has 0 aromatic carbocycles. The number of likely N-dealkylation sites (tertiary alicyclic amines) is 1. The van der Waals surface area contributed by atoms with Gasteiger partial charge in [-0.05, 0) is 12.8 Å². The van der Waals surface area contributed by atoms with Crippen molar-refractivity contribution in [1.29, 1.82) is 0 Å². The number of carboxylic acids is 1. The zero-order valence-corrected chi connectivity index (χ0v) is 8.82. The number of carbonyl (C=O) groups is 2. The molecule has 0 spiro atoms. The summed E-state index contributed by atoms with van der Waals surface area (Å²) in [7, 11) is 0. The van der Waals surface area contributed by atoms with Gasteiger partial charge >= 0.3 is 12.1 Å². The highest BCUT2D eigenvalue weighted by Crippen LogP contribution is 2.25. The second-order valence-corrected chi connectivity index (χ2v) is 3.66. The number of aliphatic carboxylic acids is 1. The maximum absolute atomic E-state index is 13.8. The highest BCUT2D eigenvalue weighted by Gasteiger charge is 2.44. The van der Waals surface area contributed by atoms with E-state index in [1.807, 2.05) is 0 Å². The molecule has 0 aliphatic carbocycles. The Bertz CT molecular complexity index is 307. The van der Waals surface area contributed by atoms with Crippen LogP contribution >= 0.6 is 0 Å². The van der Waals surface area contributed by atoms with Crippen molar-refractivity contribution < 1.29 is 23.8 Å². The molecule has 0 aromatic heterocycles. The zero-order chi connectivity index (χ0) is 12.2. The number of hydrogen-bond donors (Lipinski definition) is 1. The SMILES string of the molecule is C=CCOC(=O)N1CCCC(F)(C(=O)O)C1. The van der Waals surface area contributed by atoms with E-state index in [0.29, 0.717) is 13.0 Å². The van der Waals surface area contributed by atoms with Crippen molar-refractivity contribution in [3.63, 3.8) is 0 Å². The topological polar surface area (TPSA) is 66.8 Å². The molecule has 1 saturated heterocycles. The van der Waals surface area contributed by atoms with E-state index in [2.05, 4.69) is 6.58 Å². The summed E-state index contributed by atoms with van der Waals surface area (Å²) in [6, 6.07) is 0. The molecule has 1 heterocycles. The number of carbonyl (C=O) groups excluding carboxylic acids is 1. The maximum Gasteiger partial charge on any atom is 0.410 e. The third-order valence-electron chi connectivity index (χ3n) is 2.41. The van der Waals surface area contributed by atoms with Gasteiger partial charge in [-0.2, -0.15) is 0 Å². The van der Waals surface area contributed by atoms with Gasteiger partial charge in [0, 0.05) is 6.54 Å². The van der Waals surface area contributed by atoms with Crippen LogP contribution in [-0.4, -0.2) is 47.4 Å². The minimum absolute atomic E-state index is 0.0295. The summed E-state index contributed by atoms with van der Waals surface area (Å²) in [5.41, 5.74) is -2.36. The molecule has 0 bridgehead atoms. The number of nitrogens with zero attached hydrogens (tertiary/aromatic N) is 1. The van der Waals surface area contributed by atoms with Crippen LogP contribution in [0, 0.1) is 0 Å². The fraction of sp³-hybridized carbons (Fsp3) is 0.600. The van der Waals surface area contributed by atoms with E-state index < -0.39 is 24.3 Å². The monoisotopic (exact) mass is 231 g/mol. The number of alkyl halides is 1. The van der Waals surface area contributed by atoms with Crippen molar-refractivity contribution in [2.45, 2.75) is 18.5 Å². The van der Waals surface area contributed by atoms with Gasteiger partial charge in [-0.1, -0.05) is 12.7 Å². The Labute approximate surface area is 92.5 Å². The van der Waals surface area contributed by atoms with Crippen LogP contribution in [0.4, 0.5) is 9.18 Å². The molecule has 90 valence electrons. The molecule has 1 atom stereocenters. The lowest BCUT2D eigenvalue weighted by molar-refractivity contribution is -0.154. The average molecular weight is 231 g/mol. The molecule has 0 aromatic rings. The smallest absolute Gasteiger partial charge is 0.410 e. The zero-order valence-electron chi connectivity index (χ0n) is 8.82. The van der Waals surface area contributed by atoms with Gasteiger partial charge in [0.05, 0.1) is 6.54 Å². The lowest BCUT2D eigenvalue weighted by atomic mass is 9.95. The molecule has 0 saturated carbocycles. The van der Waals surface area contributed by atoms with E-state index in [1.54, 1.807) is 0 Å². The van der Waals surface area contributed by atoms with E-state index in [1.165, 1.54) is 6.08 Å². The predicted octanol–water partition coefficient (Wildman–Crippen LogP) is 1.20. The molecule has 5 nitrogen and oxygen atoms in total. The summed E-state index contributed by atoms with van der Waals surface area (Å²) in [5, 5.41) is 8.70. The summed E-state index contributed by atoms with van der Waals surface area (Å²) in [6.45, 7) is 3.25. The number of rotatable bonds is 3. The first-order chi connectivity index (χ1) is 7.49. The van der Waals surface area contributed by atoms with Crippen LogP contribution in [0.1, 0.15) is 12.8 Å². The number of piperidine rings is 1. The largest absolute Gasteiger partial charge is 0.479 e. The van der Waals surface area contributed by atoms with Crippen LogP contribution in [0.15, 0.2) is 12.7 Å². The van der Waals surface area contributed by atoms with E-state index in [0.717, 1.165) is 4.90 Å².